The van der Waals surface area contributed by atoms with Gasteiger partial charge >= 0.3 is 0 Å². The van der Waals surface area contributed by atoms with Crippen LogP contribution in [-0.4, -0.2) is 37.0 Å². The molecule has 3 atom stereocenters. The molecule has 1 N–H and O–H groups in total. The fraction of sp³-hybridized carbons (Fsp3) is 0.923. The summed E-state index contributed by atoms with van der Waals surface area (Å²) in [7, 11) is 2.00. The van der Waals surface area contributed by atoms with Crippen LogP contribution in [0.25, 0.3) is 0 Å². The molecule has 1 aliphatic heterocycles. The molecule has 0 radical (unpaired) electrons. The van der Waals surface area contributed by atoms with Crippen molar-refractivity contribution < 1.29 is 4.79 Å². The van der Waals surface area contributed by atoms with E-state index >= 15 is 0 Å². The van der Waals surface area contributed by atoms with Gasteiger partial charge in [0.15, 0.2) is 0 Å². The third-order valence-corrected chi connectivity index (χ3v) is 4.21. The third-order valence-electron chi connectivity index (χ3n) is 4.21. The lowest BCUT2D eigenvalue weighted by atomic mass is 9.86. The lowest BCUT2D eigenvalue weighted by molar-refractivity contribution is -0.136. The maximum Gasteiger partial charge on any atom is 0.227 e. The van der Waals surface area contributed by atoms with Crippen molar-refractivity contribution in [1.29, 1.82) is 0 Å². The summed E-state index contributed by atoms with van der Waals surface area (Å²) in [4.78, 5) is 14.3. The second-order valence-corrected chi connectivity index (χ2v) is 5.56. The average Bonchev–Trinajstić information content (AvgIpc) is 2.80. The van der Waals surface area contributed by atoms with E-state index in [9.17, 15) is 4.79 Å². The van der Waals surface area contributed by atoms with Crippen LogP contribution in [-0.2, 0) is 4.79 Å². The SMILES string of the molecule is CC1CCCC(N(C)C(=O)C2CCNC2)C1.Cl. The molecule has 0 aromatic rings. The summed E-state index contributed by atoms with van der Waals surface area (Å²) >= 11 is 0. The van der Waals surface area contributed by atoms with Crippen molar-refractivity contribution in [2.75, 3.05) is 20.1 Å². The first-order chi connectivity index (χ1) is 7.68. The van der Waals surface area contributed by atoms with E-state index in [0.29, 0.717) is 11.9 Å². The zero-order valence-electron chi connectivity index (χ0n) is 10.9. The second kappa shape index (κ2) is 6.60. The maximum absolute atomic E-state index is 12.2. The van der Waals surface area contributed by atoms with E-state index in [1.807, 2.05) is 11.9 Å². The van der Waals surface area contributed by atoms with Crippen LogP contribution < -0.4 is 5.32 Å². The van der Waals surface area contributed by atoms with Crippen LogP contribution in [0.4, 0.5) is 0 Å². The number of nitrogens with zero attached hydrogens (tertiary/aromatic N) is 1. The van der Waals surface area contributed by atoms with Crippen LogP contribution in [0.3, 0.4) is 0 Å². The first kappa shape index (κ1) is 14.8. The van der Waals surface area contributed by atoms with Crippen LogP contribution >= 0.6 is 12.4 Å². The topological polar surface area (TPSA) is 32.3 Å². The highest BCUT2D eigenvalue weighted by atomic mass is 35.5. The predicted molar refractivity (Wildman–Crippen MR) is 72.4 cm³/mol. The third kappa shape index (κ3) is 3.59. The van der Waals surface area contributed by atoms with E-state index in [1.165, 1.54) is 25.7 Å². The average molecular weight is 261 g/mol. The Bertz CT molecular complexity index is 254. The van der Waals surface area contributed by atoms with Crippen molar-refractivity contribution in [2.45, 2.75) is 45.1 Å². The normalized spacial score (nSPS) is 32.9. The van der Waals surface area contributed by atoms with Gasteiger partial charge in [0.25, 0.3) is 0 Å². The Morgan fingerprint density at radius 1 is 1.29 bits per heavy atom. The Labute approximate surface area is 111 Å². The van der Waals surface area contributed by atoms with Gasteiger partial charge in [-0.15, -0.1) is 12.4 Å². The molecule has 1 saturated carbocycles. The summed E-state index contributed by atoms with van der Waals surface area (Å²) in [5.41, 5.74) is 0. The number of amides is 1. The van der Waals surface area contributed by atoms with Gasteiger partial charge in [-0.1, -0.05) is 19.8 Å². The molecular weight excluding hydrogens is 236 g/mol. The van der Waals surface area contributed by atoms with E-state index < -0.39 is 0 Å². The molecule has 100 valence electrons. The highest BCUT2D eigenvalue weighted by molar-refractivity contribution is 5.85. The monoisotopic (exact) mass is 260 g/mol. The fourth-order valence-corrected chi connectivity index (χ4v) is 3.09. The second-order valence-electron chi connectivity index (χ2n) is 5.56. The largest absolute Gasteiger partial charge is 0.342 e. The molecule has 0 aromatic heterocycles. The fourth-order valence-electron chi connectivity index (χ4n) is 3.09. The highest BCUT2D eigenvalue weighted by Gasteiger charge is 2.30. The molecule has 2 fully saturated rings. The molecule has 4 heteroatoms. The molecule has 3 nitrogen and oxygen atoms in total. The molecule has 0 spiro atoms. The van der Waals surface area contributed by atoms with Crippen molar-refractivity contribution in [3.05, 3.63) is 0 Å². The molecule has 2 rings (SSSR count). The smallest absolute Gasteiger partial charge is 0.227 e. The predicted octanol–water partition coefficient (Wildman–Crippen LogP) is 2.05. The minimum Gasteiger partial charge on any atom is -0.342 e. The molecule has 0 bridgehead atoms. The molecule has 2 aliphatic rings. The highest BCUT2D eigenvalue weighted by Crippen LogP contribution is 2.27. The first-order valence-electron chi connectivity index (χ1n) is 6.66. The van der Waals surface area contributed by atoms with E-state index in [2.05, 4.69) is 12.2 Å². The Morgan fingerprint density at radius 3 is 2.65 bits per heavy atom. The van der Waals surface area contributed by atoms with E-state index in [4.69, 9.17) is 0 Å². The Kier molecular flexibility index (Phi) is 5.74. The van der Waals surface area contributed by atoms with Gasteiger partial charge in [-0.25, -0.2) is 0 Å². The molecule has 3 unspecified atom stereocenters. The van der Waals surface area contributed by atoms with Gasteiger partial charge < -0.3 is 10.2 Å². The Hall–Kier alpha value is -0.280. The number of rotatable bonds is 2. The number of hydrogen-bond donors (Lipinski definition) is 1. The van der Waals surface area contributed by atoms with Crippen molar-refractivity contribution >= 4 is 18.3 Å². The number of carbonyl (C=O) groups is 1. The molecule has 1 aliphatic carbocycles. The summed E-state index contributed by atoms with van der Waals surface area (Å²) in [5, 5.41) is 3.27. The van der Waals surface area contributed by atoms with Gasteiger partial charge in [0.2, 0.25) is 5.91 Å². The van der Waals surface area contributed by atoms with Crippen molar-refractivity contribution in [2.24, 2.45) is 11.8 Å². The zero-order chi connectivity index (χ0) is 11.5. The van der Waals surface area contributed by atoms with Gasteiger partial charge in [0.1, 0.15) is 0 Å². The van der Waals surface area contributed by atoms with Gasteiger partial charge in [0, 0.05) is 19.6 Å². The van der Waals surface area contributed by atoms with E-state index in [0.717, 1.165) is 25.4 Å². The lowest BCUT2D eigenvalue weighted by Gasteiger charge is -2.35. The van der Waals surface area contributed by atoms with Crippen molar-refractivity contribution in [1.82, 2.24) is 10.2 Å². The molecule has 1 saturated heterocycles. The molecule has 1 heterocycles. The molecule has 17 heavy (non-hydrogen) atoms. The Balaban J connectivity index is 0.00000144. The zero-order valence-corrected chi connectivity index (χ0v) is 11.8. The quantitative estimate of drug-likeness (QED) is 0.824. The van der Waals surface area contributed by atoms with Gasteiger partial charge in [-0.2, -0.15) is 0 Å². The number of halogens is 1. The van der Waals surface area contributed by atoms with Gasteiger partial charge in [-0.05, 0) is 31.7 Å². The van der Waals surface area contributed by atoms with Gasteiger partial charge in [0.05, 0.1) is 5.92 Å². The van der Waals surface area contributed by atoms with Crippen LogP contribution in [0.2, 0.25) is 0 Å². The number of nitrogens with one attached hydrogen (secondary N) is 1. The van der Waals surface area contributed by atoms with E-state index in [-0.39, 0.29) is 18.3 Å². The Morgan fingerprint density at radius 2 is 2.06 bits per heavy atom. The minimum absolute atomic E-state index is 0. The molecular formula is C13H25ClN2O. The summed E-state index contributed by atoms with van der Waals surface area (Å²) in [5.74, 6) is 1.39. The number of hydrogen-bond acceptors (Lipinski definition) is 2. The lowest BCUT2D eigenvalue weighted by Crippen LogP contribution is -2.43. The van der Waals surface area contributed by atoms with Gasteiger partial charge in [-0.3, -0.25) is 4.79 Å². The minimum atomic E-state index is 0. The van der Waals surface area contributed by atoms with Crippen molar-refractivity contribution in [3.8, 4) is 0 Å². The molecule has 0 aromatic carbocycles. The van der Waals surface area contributed by atoms with Crippen LogP contribution in [0.5, 0.6) is 0 Å². The summed E-state index contributed by atoms with van der Waals surface area (Å²) in [6.07, 6.45) is 6.04. The van der Waals surface area contributed by atoms with Crippen LogP contribution in [0, 0.1) is 11.8 Å². The van der Waals surface area contributed by atoms with Crippen LogP contribution in [0.15, 0.2) is 0 Å². The standard InChI is InChI=1S/C13H24N2O.ClH/c1-10-4-3-5-12(8-10)15(2)13(16)11-6-7-14-9-11;/h10-12,14H,3-9H2,1-2H3;1H. The summed E-state index contributed by atoms with van der Waals surface area (Å²) in [6.45, 7) is 4.19. The maximum atomic E-state index is 12.2. The first-order valence-corrected chi connectivity index (χ1v) is 6.66. The van der Waals surface area contributed by atoms with Crippen molar-refractivity contribution in [3.63, 3.8) is 0 Å². The van der Waals surface area contributed by atoms with E-state index in [1.54, 1.807) is 0 Å². The van der Waals surface area contributed by atoms with Crippen LogP contribution in [0.1, 0.15) is 39.0 Å². The summed E-state index contributed by atoms with van der Waals surface area (Å²) < 4.78 is 0. The summed E-state index contributed by atoms with van der Waals surface area (Å²) in [6, 6.07) is 0.497. The molecule has 1 amide bonds. The number of carbonyl (C=O) groups excluding carboxylic acids is 1.